The molecule has 0 fully saturated rings. The van der Waals surface area contributed by atoms with Gasteiger partial charge in [0, 0.05) is 23.2 Å². The molecule has 0 aromatic heterocycles. The molecule has 0 aliphatic heterocycles. The number of esters is 2. The average molecular weight is 377 g/mol. The molecule has 132 valence electrons. The zero-order chi connectivity index (χ0) is 18.7. The monoisotopic (exact) mass is 376 g/mol. The van der Waals surface area contributed by atoms with Crippen LogP contribution in [0.25, 0.3) is 0 Å². The number of hydrogen-bond donors (Lipinski definition) is 0. The molecule has 1 aliphatic carbocycles. The molecule has 0 N–H and O–H groups in total. The van der Waals surface area contributed by atoms with Gasteiger partial charge in [0.15, 0.2) is 11.5 Å². The average Bonchev–Trinajstić information content (AvgIpc) is 2.46. The van der Waals surface area contributed by atoms with Crippen molar-refractivity contribution in [3.63, 3.8) is 0 Å². The van der Waals surface area contributed by atoms with Gasteiger partial charge in [0.05, 0.1) is 17.4 Å². The normalized spacial score (nSPS) is 15.3. The van der Waals surface area contributed by atoms with Crippen molar-refractivity contribution in [2.75, 3.05) is 0 Å². The number of rotatable bonds is 5. The van der Waals surface area contributed by atoms with Gasteiger partial charge in [0.25, 0.3) is 9.05 Å². The van der Waals surface area contributed by atoms with Gasteiger partial charge < -0.3 is 9.47 Å². The Hall–Kier alpha value is -1.89. The van der Waals surface area contributed by atoms with E-state index in [1.807, 2.05) is 0 Å². The van der Waals surface area contributed by atoms with Crippen molar-refractivity contribution in [1.29, 1.82) is 0 Å². The Labute approximate surface area is 144 Å². The summed E-state index contributed by atoms with van der Waals surface area (Å²) in [5, 5.41) is 0. The number of ether oxygens (including phenoxy) is 2. The molecule has 0 saturated heterocycles. The van der Waals surface area contributed by atoms with Crippen molar-refractivity contribution in [2.45, 2.75) is 34.1 Å². The molecule has 9 heteroatoms. The smallest absolute Gasteiger partial charge is 0.313 e. The van der Waals surface area contributed by atoms with Crippen LogP contribution in [0.5, 0.6) is 0 Å². The molecule has 0 aromatic carbocycles. The quantitative estimate of drug-likeness (QED) is 0.411. The van der Waals surface area contributed by atoms with Gasteiger partial charge >= 0.3 is 11.9 Å². The number of carbonyl (C=O) groups is 2. The van der Waals surface area contributed by atoms with E-state index in [0.717, 1.165) is 6.08 Å². The van der Waals surface area contributed by atoms with E-state index in [4.69, 9.17) is 20.2 Å². The zero-order valence-electron chi connectivity index (χ0n) is 13.6. The van der Waals surface area contributed by atoms with E-state index < -0.39 is 37.7 Å². The summed E-state index contributed by atoms with van der Waals surface area (Å²) < 4.78 is 33.4. The van der Waals surface area contributed by atoms with Crippen molar-refractivity contribution in [2.24, 2.45) is 11.8 Å². The molecule has 24 heavy (non-hydrogen) atoms. The fourth-order valence-electron chi connectivity index (χ4n) is 1.56. The number of allylic oxidation sites excluding steroid dienone is 3. The van der Waals surface area contributed by atoms with Gasteiger partial charge in [-0.1, -0.05) is 27.7 Å². The highest BCUT2D eigenvalue weighted by Gasteiger charge is 2.31. The van der Waals surface area contributed by atoms with Crippen LogP contribution in [-0.4, -0.2) is 26.3 Å². The highest BCUT2D eigenvalue weighted by molar-refractivity contribution is 8.17. The third-order valence-corrected chi connectivity index (χ3v) is 4.32. The maximum absolute atomic E-state index is 11.8. The van der Waals surface area contributed by atoms with Crippen LogP contribution >= 0.6 is 10.7 Å². The molecule has 0 unspecified atom stereocenters. The lowest BCUT2D eigenvalue weighted by atomic mass is 10.1. The van der Waals surface area contributed by atoms with Gasteiger partial charge in [-0.2, -0.15) is 0 Å². The lowest BCUT2D eigenvalue weighted by Gasteiger charge is -2.20. The maximum Gasteiger partial charge on any atom is 0.313 e. The Morgan fingerprint density at radius 2 is 1.62 bits per heavy atom. The van der Waals surface area contributed by atoms with Gasteiger partial charge in [-0.05, 0) is 0 Å². The third kappa shape index (κ3) is 5.06. The van der Waals surface area contributed by atoms with Gasteiger partial charge in [-0.25, -0.2) is 13.2 Å². The van der Waals surface area contributed by atoms with Gasteiger partial charge in [-0.15, -0.1) is 0 Å². The van der Waals surface area contributed by atoms with Crippen LogP contribution < -0.4 is 0 Å². The molecule has 1 aliphatic rings. The molecule has 0 bridgehead atoms. The largest absolute Gasteiger partial charge is 0.427 e. The first-order chi connectivity index (χ1) is 11.0. The first kappa shape index (κ1) is 20.2. The summed E-state index contributed by atoms with van der Waals surface area (Å²) >= 11 is 0. The summed E-state index contributed by atoms with van der Waals surface area (Å²) in [6.07, 6.45) is 0.496. The molecule has 7 nitrogen and oxygen atoms in total. The summed E-state index contributed by atoms with van der Waals surface area (Å²) in [4.78, 5) is 34.0. The third-order valence-electron chi connectivity index (χ3n) is 2.93. The molecule has 0 aromatic rings. The Morgan fingerprint density at radius 1 is 1.12 bits per heavy atom. The molecule has 1 rings (SSSR count). The molecule has 0 atom stereocenters. The van der Waals surface area contributed by atoms with E-state index in [1.54, 1.807) is 27.7 Å². The summed E-state index contributed by atoms with van der Waals surface area (Å²) in [6.45, 7) is 6.33. The first-order valence-corrected chi connectivity index (χ1v) is 9.35. The minimum Gasteiger partial charge on any atom is -0.427 e. The van der Waals surface area contributed by atoms with Gasteiger partial charge in [-0.3, -0.25) is 9.59 Å². The number of carbonyl (C=O) groups excluding carboxylic acids is 3. The number of halogens is 1. The Balaban J connectivity index is 3.43. The second-order valence-corrected chi connectivity index (χ2v) is 8.18. The second kappa shape index (κ2) is 7.79. The topological polar surface area (TPSA) is 104 Å². The van der Waals surface area contributed by atoms with Crippen LogP contribution in [0.15, 0.2) is 28.1 Å². The Bertz CT molecular complexity index is 766. The van der Waals surface area contributed by atoms with E-state index in [-0.39, 0.29) is 23.5 Å². The molecule has 0 radical (unpaired) electrons. The highest BCUT2D eigenvalue weighted by Crippen LogP contribution is 2.34. The first-order valence-electron chi connectivity index (χ1n) is 7.04. The molecular formula is C15H17ClO7S. The Morgan fingerprint density at radius 3 is 2.04 bits per heavy atom. The standard InChI is InChI=1S/C15H17ClO7S/c1-8(2)14(18)22-11-5-10(7-17)13(24(16,20)21)6-12(11)23-15(19)9(3)4/h6,8-9H,5H2,1-4H3. The van der Waals surface area contributed by atoms with Crippen LogP contribution in [0.1, 0.15) is 34.1 Å². The van der Waals surface area contributed by atoms with E-state index in [0.29, 0.717) is 0 Å². The summed E-state index contributed by atoms with van der Waals surface area (Å²) in [7, 11) is 1.01. The van der Waals surface area contributed by atoms with Crippen LogP contribution in [0, 0.1) is 11.8 Å². The minimum absolute atomic E-state index is 0.148. The van der Waals surface area contributed by atoms with Crippen LogP contribution in [0.4, 0.5) is 0 Å². The fraction of sp³-hybridized carbons (Fsp3) is 0.467. The SMILES string of the molecule is CC(C)C(=O)OC1=C(OC(=O)C(C)C)CC(=C=O)C(S(=O)(=O)Cl)=C1. The zero-order valence-corrected chi connectivity index (χ0v) is 15.2. The predicted octanol–water partition coefficient (Wildman–Crippen LogP) is 2.21. The number of hydrogen-bond acceptors (Lipinski definition) is 7. The highest BCUT2D eigenvalue weighted by atomic mass is 35.7. The van der Waals surface area contributed by atoms with Crippen molar-refractivity contribution in [3.05, 3.63) is 28.1 Å². The molecule has 0 heterocycles. The van der Waals surface area contributed by atoms with Crippen molar-refractivity contribution in [1.82, 2.24) is 0 Å². The molecule has 0 saturated carbocycles. The predicted molar refractivity (Wildman–Crippen MR) is 85.6 cm³/mol. The summed E-state index contributed by atoms with van der Waals surface area (Å²) in [6, 6.07) is 0. The molecular weight excluding hydrogens is 360 g/mol. The van der Waals surface area contributed by atoms with E-state index in [2.05, 4.69) is 0 Å². The second-order valence-electron chi connectivity index (χ2n) is 5.64. The summed E-state index contributed by atoms with van der Waals surface area (Å²) in [5.74, 6) is -1.24. The van der Waals surface area contributed by atoms with Crippen molar-refractivity contribution < 1.29 is 32.3 Å². The van der Waals surface area contributed by atoms with Crippen molar-refractivity contribution in [3.8, 4) is 0 Å². The van der Waals surface area contributed by atoms with E-state index >= 15 is 0 Å². The Kier molecular flexibility index (Phi) is 6.54. The molecule has 0 spiro atoms. The van der Waals surface area contributed by atoms with Gasteiger partial charge in [0.2, 0.25) is 0 Å². The van der Waals surface area contributed by atoms with Crippen molar-refractivity contribution >= 4 is 37.6 Å². The van der Waals surface area contributed by atoms with Gasteiger partial charge in [0.1, 0.15) is 10.8 Å². The van der Waals surface area contributed by atoms with Crippen LogP contribution in [-0.2, 0) is 32.9 Å². The lowest BCUT2D eigenvalue weighted by molar-refractivity contribution is -0.147. The molecule has 0 amide bonds. The lowest BCUT2D eigenvalue weighted by Crippen LogP contribution is -2.19. The van der Waals surface area contributed by atoms with Crippen LogP contribution in [0.2, 0.25) is 0 Å². The fourth-order valence-corrected chi connectivity index (χ4v) is 2.63. The van der Waals surface area contributed by atoms with E-state index in [1.165, 1.54) is 5.94 Å². The van der Waals surface area contributed by atoms with Crippen LogP contribution in [0.3, 0.4) is 0 Å². The van der Waals surface area contributed by atoms with E-state index in [9.17, 15) is 22.8 Å². The minimum atomic E-state index is -4.28. The summed E-state index contributed by atoms with van der Waals surface area (Å²) in [5.41, 5.74) is -0.319. The maximum atomic E-state index is 11.8.